The first kappa shape index (κ1) is 13.3. The number of amides is 1. The second kappa shape index (κ2) is 5.51. The highest BCUT2D eigenvalue weighted by atomic mass is 35.5. The average molecular weight is 261 g/mol. The number of rotatable bonds is 3. The minimum Gasteiger partial charge on any atom is -0.323 e. The SMILES string of the molecule is Cc1cc(Cl)nc(Cl)c1NC(=O)CC(C)C. The van der Waals surface area contributed by atoms with Crippen molar-refractivity contribution in [1.29, 1.82) is 0 Å². The van der Waals surface area contributed by atoms with Crippen molar-refractivity contribution in [2.45, 2.75) is 27.2 Å². The molecule has 0 spiro atoms. The molecule has 0 bridgehead atoms. The van der Waals surface area contributed by atoms with Gasteiger partial charge in [0.15, 0.2) is 5.15 Å². The zero-order valence-electron chi connectivity index (χ0n) is 9.47. The van der Waals surface area contributed by atoms with Gasteiger partial charge in [0, 0.05) is 6.42 Å². The van der Waals surface area contributed by atoms with Crippen LogP contribution in [0.1, 0.15) is 25.8 Å². The summed E-state index contributed by atoms with van der Waals surface area (Å²) in [4.78, 5) is 15.5. The first-order valence-corrected chi connectivity index (χ1v) is 5.78. The summed E-state index contributed by atoms with van der Waals surface area (Å²) in [6.45, 7) is 5.78. The maximum Gasteiger partial charge on any atom is 0.224 e. The van der Waals surface area contributed by atoms with Gasteiger partial charge in [-0.2, -0.15) is 0 Å². The summed E-state index contributed by atoms with van der Waals surface area (Å²) in [5, 5.41) is 3.29. The number of hydrogen-bond acceptors (Lipinski definition) is 2. The first-order chi connectivity index (χ1) is 7.40. The van der Waals surface area contributed by atoms with Gasteiger partial charge in [0.2, 0.25) is 5.91 Å². The molecule has 1 aromatic heterocycles. The molecule has 88 valence electrons. The lowest BCUT2D eigenvalue weighted by Crippen LogP contribution is -2.15. The number of aromatic nitrogens is 1. The van der Waals surface area contributed by atoms with E-state index in [1.165, 1.54) is 0 Å². The standard InChI is InChI=1S/C11H14Cl2N2O/c1-6(2)4-9(16)15-10-7(3)5-8(12)14-11(10)13/h5-6H,4H2,1-3H3,(H,15,16). The Hall–Kier alpha value is -0.800. The highest BCUT2D eigenvalue weighted by molar-refractivity contribution is 6.34. The first-order valence-electron chi connectivity index (χ1n) is 5.02. The molecule has 0 radical (unpaired) electrons. The molecule has 1 heterocycles. The Morgan fingerprint density at radius 1 is 1.50 bits per heavy atom. The summed E-state index contributed by atoms with van der Waals surface area (Å²) in [5.74, 6) is 0.239. The lowest BCUT2D eigenvalue weighted by Gasteiger charge is -2.11. The Morgan fingerprint density at radius 2 is 2.12 bits per heavy atom. The lowest BCUT2D eigenvalue weighted by molar-refractivity contribution is -0.116. The van der Waals surface area contributed by atoms with Gasteiger partial charge in [-0.15, -0.1) is 0 Å². The largest absolute Gasteiger partial charge is 0.323 e. The van der Waals surface area contributed by atoms with Crippen LogP contribution in [0.5, 0.6) is 0 Å². The minimum atomic E-state index is -0.0656. The molecule has 1 amide bonds. The third-order valence-corrected chi connectivity index (χ3v) is 2.47. The van der Waals surface area contributed by atoms with Crippen LogP contribution in [0, 0.1) is 12.8 Å². The molecule has 5 heteroatoms. The third-order valence-electron chi connectivity index (χ3n) is 2.00. The molecule has 0 aliphatic rings. The van der Waals surface area contributed by atoms with Gasteiger partial charge in [-0.1, -0.05) is 37.0 Å². The molecule has 0 unspecified atom stereocenters. The second-order valence-electron chi connectivity index (χ2n) is 4.07. The number of anilines is 1. The van der Waals surface area contributed by atoms with E-state index in [1.807, 2.05) is 20.8 Å². The van der Waals surface area contributed by atoms with E-state index in [0.717, 1.165) is 5.56 Å². The summed E-state index contributed by atoms with van der Waals surface area (Å²) in [5.41, 5.74) is 1.35. The molecule has 0 atom stereocenters. The van der Waals surface area contributed by atoms with E-state index in [1.54, 1.807) is 6.07 Å². The third kappa shape index (κ3) is 3.65. The topological polar surface area (TPSA) is 42.0 Å². The van der Waals surface area contributed by atoms with E-state index in [4.69, 9.17) is 23.2 Å². The van der Waals surface area contributed by atoms with Crippen molar-refractivity contribution in [1.82, 2.24) is 4.98 Å². The van der Waals surface area contributed by atoms with Crippen LogP contribution in [-0.4, -0.2) is 10.9 Å². The Bertz CT molecular complexity index is 382. The van der Waals surface area contributed by atoms with Gasteiger partial charge >= 0.3 is 0 Å². The van der Waals surface area contributed by atoms with Crippen LogP contribution in [0.25, 0.3) is 0 Å². The van der Waals surface area contributed by atoms with Gasteiger partial charge < -0.3 is 5.32 Å². The fourth-order valence-corrected chi connectivity index (χ4v) is 1.89. The number of pyridine rings is 1. The highest BCUT2D eigenvalue weighted by Gasteiger charge is 2.11. The molecule has 0 saturated heterocycles. The van der Waals surface area contributed by atoms with E-state index in [-0.39, 0.29) is 11.1 Å². The molecular weight excluding hydrogens is 247 g/mol. The maximum absolute atomic E-state index is 11.6. The number of carbonyl (C=O) groups is 1. The minimum absolute atomic E-state index is 0.0656. The molecule has 0 aliphatic heterocycles. The molecule has 16 heavy (non-hydrogen) atoms. The second-order valence-corrected chi connectivity index (χ2v) is 4.82. The average Bonchev–Trinajstić information content (AvgIpc) is 2.09. The van der Waals surface area contributed by atoms with E-state index >= 15 is 0 Å². The van der Waals surface area contributed by atoms with Crippen molar-refractivity contribution in [3.05, 3.63) is 21.9 Å². The van der Waals surface area contributed by atoms with Crippen molar-refractivity contribution in [3.63, 3.8) is 0 Å². The van der Waals surface area contributed by atoms with Crippen LogP contribution in [0.4, 0.5) is 5.69 Å². The summed E-state index contributed by atoms with van der Waals surface area (Å²) >= 11 is 11.6. The molecule has 0 fully saturated rings. The Balaban J connectivity index is 2.85. The summed E-state index contributed by atoms with van der Waals surface area (Å²) in [7, 11) is 0. The monoisotopic (exact) mass is 260 g/mol. The summed E-state index contributed by atoms with van der Waals surface area (Å²) < 4.78 is 0. The highest BCUT2D eigenvalue weighted by Crippen LogP contribution is 2.26. The van der Waals surface area contributed by atoms with Gasteiger partial charge in [0.25, 0.3) is 0 Å². The number of carbonyl (C=O) groups excluding carboxylic acids is 1. The molecular formula is C11H14Cl2N2O. The van der Waals surface area contributed by atoms with Crippen LogP contribution >= 0.6 is 23.2 Å². The lowest BCUT2D eigenvalue weighted by atomic mass is 10.1. The Kier molecular flexibility index (Phi) is 4.56. The van der Waals surface area contributed by atoms with Gasteiger partial charge in [-0.25, -0.2) is 4.98 Å². The number of halogens is 2. The van der Waals surface area contributed by atoms with Crippen LogP contribution in [0.3, 0.4) is 0 Å². The molecule has 0 aromatic carbocycles. The number of nitrogens with zero attached hydrogens (tertiary/aromatic N) is 1. The van der Waals surface area contributed by atoms with E-state index in [2.05, 4.69) is 10.3 Å². The van der Waals surface area contributed by atoms with E-state index in [0.29, 0.717) is 23.2 Å². The van der Waals surface area contributed by atoms with Crippen LogP contribution < -0.4 is 5.32 Å². The molecule has 0 saturated carbocycles. The van der Waals surface area contributed by atoms with Crippen molar-refractivity contribution in [3.8, 4) is 0 Å². The van der Waals surface area contributed by atoms with Crippen molar-refractivity contribution in [2.75, 3.05) is 5.32 Å². The van der Waals surface area contributed by atoms with Crippen molar-refractivity contribution < 1.29 is 4.79 Å². The molecule has 3 nitrogen and oxygen atoms in total. The predicted molar refractivity (Wildman–Crippen MR) is 67.1 cm³/mol. The Morgan fingerprint density at radius 3 is 2.62 bits per heavy atom. The fourth-order valence-electron chi connectivity index (χ4n) is 1.31. The zero-order chi connectivity index (χ0) is 12.3. The predicted octanol–water partition coefficient (Wildman–Crippen LogP) is 3.68. The van der Waals surface area contributed by atoms with Gasteiger partial charge in [0.05, 0.1) is 5.69 Å². The van der Waals surface area contributed by atoms with Crippen molar-refractivity contribution >= 4 is 34.8 Å². The zero-order valence-corrected chi connectivity index (χ0v) is 11.0. The van der Waals surface area contributed by atoms with Gasteiger partial charge in [-0.05, 0) is 24.5 Å². The van der Waals surface area contributed by atoms with Crippen molar-refractivity contribution in [2.24, 2.45) is 5.92 Å². The Labute approximate surface area is 105 Å². The number of hydrogen-bond donors (Lipinski definition) is 1. The molecule has 1 N–H and O–H groups in total. The van der Waals surface area contributed by atoms with Crippen LogP contribution in [0.2, 0.25) is 10.3 Å². The van der Waals surface area contributed by atoms with Crippen LogP contribution in [-0.2, 0) is 4.79 Å². The number of nitrogens with one attached hydrogen (secondary N) is 1. The quantitative estimate of drug-likeness (QED) is 0.843. The summed E-state index contributed by atoms with van der Waals surface area (Å²) in [6, 6.07) is 1.67. The molecule has 1 aromatic rings. The van der Waals surface area contributed by atoms with E-state index < -0.39 is 0 Å². The molecule has 1 rings (SSSR count). The normalized spacial score (nSPS) is 10.6. The molecule has 0 aliphatic carbocycles. The van der Waals surface area contributed by atoms with E-state index in [9.17, 15) is 4.79 Å². The van der Waals surface area contributed by atoms with Gasteiger partial charge in [-0.3, -0.25) is 4.79 Å². The fraction of sp³-hybridized carbons (Fsp3) is 0.455. The number of aryl methyl sites for hydroxylation is 1. The smallest absolute Gasteiger partial charge is 0.224 e. The van der Waals surface area contributed by atoms with Crippen LogP contribution in [0.15, 0.2) is 6.07 Å². The van der Waals surface area contributed by atoms with Gasteiger partial charge in [0.1, 0.15) is 5.15 Å². The summed E-state index contributed by atoms with van der Waals surface area (Å²) in [6.07, 6.45) is 0.457. The maximum atomic E-state index is 11.6.